The van der Waals surface area contributed by atoms with Crippen LogP contribution in [-0.4, -0.2) is 30.9 Å². The third-order valence-electron chi connectivity index (χ3n) is 3.69. The van der Waals surface area contributed by atoms with Gasteiger partial charge in [0.2, 0.25) is 5.91 Å². The number of fused-ring (bicyclic) bond motifs is 1. The number of amides is 1. The molecule has 2 heterocycles. The third-order valence-corrected chi connectivity index (χ3v) is 3.69. The molecule has 7 nitrogen and oxygen atoms in total. The highest BCUT2D eigenvalue weighted by Crippen LogP contribution is 2.22. The van der Waals surface area contributed by atoms with Gasteiger partial charge in [0.15, 0.2) is 0 Å². The number of hydrogen-bond donors (Lipinski definition) is 2. The van der Waals surface area contributed by atoms with Crippen molar-refractivity contribution < 1.29 is 4.79 Å². The van der Waals surface area contributed by atoms with Crippen LogP contribution in [0.15, 0.2) is 30.6 Å². The van der Waals surface area contributed by atoms with Gasteiger partial charge in [-0.3, -0.25) is 4.79 Å². The summed E-state index contributed by atoms with van der Waals surface area (Å²) in [7, 11) is 0. The number of aromatic nitrogens is 5. The Morgan fingerprint density at radius 2 is 2.04 bits per heavy atom. The number of nitrogens with zero attached hydrogens (tertiary/aromatic N) is 4. The highest BCUT2D eigenvalue weighted by atomic mass is 16.2. The van der Waals surface area contributed by atoms with Gasteiger partial charge in [-0.1, -0.05) is 19.9 Å². The number of carbonyl (C=O) groups excluding carboxylic acids is 1. The molecule has 0 radical (unpaired) electrons. The smallest absolute Gasteiger partial charge is 0.244 e. The van der Waals surface area contributed by atoms with Gasteiger partial charge in [-0.05, 0) is 30.5 Å². The van der Waals surface area contributed by atoms with Crippen LogP contribution < -0.4 is 5.32 Å². The fourth-order valence-corrected chi connectivity index (χ4v) is 2.51. The molecule has 0 bridgehead atoms. The van der Waals surface area contributed by atoms with E-state index in [1.54, 1.807) is 12.4 Å². The molecule has 0 saturated heterocycles. The molecule has 2 N–H and O–H groups in total. The van der Waals surface area contributed by atoms with Crippen LogP contribution in [0.3, 0.4) is 0 Å². The normalized spacial score (nSPS) is 12.7. The van der Waals surface area contributed by atoms with Gasteiger partial charge >= 0.3 is 0 Å². The van der Waals surface area contributed by atoms with E-state index < -0.39 is 0 Å². The summed E-state index contributed by atoms with van der Waals surface area (Å²) in [5.74, 6) is 0.824. The number of carbonyl (C=O) groups is 1. The zero-order valence-electron chi connectivity index (χ0n) is 13.4. The van der Waals surface area contributed by atoms with Crippen molar-refractivity contribution in [3.05, 3.63) is 42.0 Å². The Bertz CT molecular complexity index is 805. The highest BCUT2D eigenvalue weighted by Gasteiger charge is 2.22. The molecular weight excluding hydrogens is 292 g/mol. The van der Waals surface area contributed by atoms with Gasteiger partial charge in [-0.25, -0.2) is 4.98 Å². The topological polar surface area (TPSA) is 88.5 Å². The van der Waals surface area contributed by atoms with Gasteiger partial charge in [0.1, 0.15) is 12.4 Å². The summed E-state index contributed by atoms with van der Waals surface area (Å²) in [4.78, 5) is 21.5. The summed E-state index contributed by atoms with van der Waals surface area (Å²) in [5.41, 5.74) is 3.05. The van der Waals surface area contributed by atoms with Crippen molar-refractivity contribution in [1.82, 2.24) is 30.3 Å². The van der Waals surface area contributed by atoms with Crippen molar-refractivity contribution in [2.75, 3.05) is 0 Å². The Kier molecular flexibility index (Phi) is 4.10. The lowest BCUT2D eigenvalue weighted by Gasteiger charge is -2.20. The minimum Gasteiger partial charge on any atom is -0.344 e. The summed E-state index contributed by atoms with van der Waals surface area (Å²) >= 11 is 0. The second-order valence-electron chi connectivity index (χ2n) is 5.99. The van der Waals surface area contributed by atoms with Crippen LogP contribution in [0.1, 0.15) is 31.3 Å². The summed E-state index contributed by atoms with van der Waals surface area (Å²) in [6.07, 6.45) is 3.10. The van der Waals surface area contributed by atoms with E-state index in [1.807, 2.05) is 19.1 Å². The van der Waals surface area contributed by atoms with Crippen LogP contribution >= 0.6 is 0 Å². The number of rotatable bonds is 5. The third kappa shape index (κ3) is 3.39. The number of nitrogens with one attached hydrogen (secondary N) is 2. The first-order valence-corrected chi connectivity index (χ1v) is 7.62. The molecule has 23 heavy (non-hydrogen) atoms. The number of hydrogen-bond acceptors (Lipinski definition) is 4. The van der Waals surface area contributed by atoms with Crippen molar-refractivity contribution in [3.63, 3.8) is 0 Å². The van der Waals surface area contributed by atoms with Crippen molar-refractivity contribution >= 4 is 16.9 Å². The molecule has 0 aliphatic heterocycles. The fraction of sp³-hybridized carbons (Fsp3) is 0.375. The van der Waals surface area contributed by atoms with Gasteiger partial charge in [0.05, 0.1) is 29.5 Å². The van der Waals surface area contributed by atoms with Crippen molar-refractivity contribution in [2.45, 2.75) is 33.4 Å². The number of aryl methyl sites for hydroxylation is 1. The molecule has 0 aliphatic rings. The maximum Gasteiger partial charge on any atom is 0.244 e. The van der Waals surface area contributed by atoms with E-state index in [1.165, 1.54) is 10.4 Å². The van der Waals surface area contributed by atoms with Crippen LogP contribution in [-0.2, 0) is 11.3 Å². The van der Waals surface area contributed by atoms with Gasteiger partial charge in [0.25, 0.3) is 0 Å². The Morgan fingerprint density at radius 1 is 1.30 bits per heavy atom. The number of benzene rings is 1. The van der Waals surface area contributed by atoms with E-state index in [0.717, 1.165) is 16.9 Å². The van der Waals surface area contributed by atoms with Crippen LogP contribution in [0, 0.1) is 12.8 Å². The summed E-state index contributed by atoms with van der Waals surface area (Å²) in [5, 5.41) is 10.9. The van der Waals surface area contributed by atoms with Crippen LogP contribution in [0.2, 0.25) is 0 Å². The molecule has 2 aromatic heterocycles. The molecular formula is C16H20N6O. The van der Waals surface area contributed by atoms with E-state index in [2.05, 4.69) is 45.4 Å². The van der Waals surface area contributed by atoms with Crippen LogP contribution in [0.5, 0.6) is 0 Å². The maximum absolute atomic E-state index is 12.2. The van der Waals surface area contributed by atoms with Gasteiger partial charge in [-0.15, -0.1) is 0 Å². The molecule has 0 spiro atoms. The minimum atomic E-state index is -0.189. The highest BCUT2D eigenvalue weighted by molar-refractivity contribution is 5.77. The van der Waals surface area contributed by atoms with Crippen molar-refractivity contribution in [3.8, 4) is 0 Å². The maximum atomic E-state index is 12.2. The lowest BCUT2D eigenvalue weighted by molar-refractivity contribution is -0.123. The standard InChI is InChI=1S/C16H20N6O/c1-10(2)15(21-14(23)9-22-17-6-7-18-22)16-19-12-5-4-11(3)8-13(12)20-16/h4-8,10,15H,9H2,1-3H3,(H,19,20)(H,21,23)/t15-/m0/s1. The molecule has 120 valence electrons. The second-order valence-corrected chi connectivity index (χ2v) is 5.99. The molecule has 1 amide bonds. The van der Waals surface area contributed by atoms with Crippen molar-refractivity contribution in [1.29, 1.82) is 0 Å². The molecule has 0 aliphatic carbocycles. The molecule has 3 aromatic rings. The predicted octanol–water partition coefficient (Wildman–Crippen LogP) is 1.98. The Hall–Kier alpha value is -2.70. The zero-order valence-corrected chi connectivity index (χ0v) is 13.4. The molecule has 7 heteroatoms. The first-order chi connectivity index (χ1) is 11.0. The summed E-state index contributed by atoms with van der Waals surface area (Å²) in [6.45, 7) is 6.24. The number of imidazole rings is 1. The average Bonchev–Trinajstić information content (AvgIpc) is 3.13. The first-order valence-electron chi connectivity index (χ1n) is 7.62. The summed E-state index contributed by atoms with van der Waals surface area (Å²) < 4.78 is 0. The largest absolute Gasteiger partial charge is 0.344 e. The average molecular weight is 312 g/mol. The van der Waals surface area contributed by atoms with Crippen molar-refractivity contribution in [2.24, 2.45) is 5.92 Å². The van der Waals surface area contributed by atoms with E-state index in [-0.39, 0.29) is 24.4 Å². The number of aromatic amines is 1. The summed E-state index contributed by atoms with van der Waals surface area (Å²) in [6, 6.07) is 5.88. The first kappa shape index (κ1) is 15.2. The van der Waals surface area contributed by atoms with Gasteiger partial charge in [-0.2, -0.15) is 15.0 Å². The molecule has 0 fully saturated rings. The van der Waals surface area contributed by atoms with E-state index in [9.17, 15) is 4.79 Å². The van der Waals surface area contributed by atoms with Gasteiger partial charge < -0.3 is 10.3 Å². The molecule has 0 saturated carbocycles. The predicted molar refractivity (Wildman–Crippen MR) is 86.6 cm³/mol. The fourth-order valence-electron chi connectivity index (χ4n) is 2.51. The Morgan fingerprint density at radius 3 is 2.74 bits per heavy atom. The quantitative estimate of drug-likeness (QED) is 0.754. The number of H-pyrrole nitrogens is 1. The van der Waals surface area contributed by atoms with E-state index in [0.29, 0.717) is 0 Å². The monoisotopic (exact) mass is 312 g/mol. The molecule has 3 rings (SSSR count). The molecule has 1 atom stereocenters. The molecule has 1 aromatic carbocycles. The van der Waals surface area contributed by atoms with E-state index in [4.69, 9.17) is 0 Å². The lowest BCUT2D eigenvalue weighted by atomic mass is 10.0. The lowest BCUT2D eigenvalue weighted by Crippen LogP contribution is -2.35. The zero-order chi connectivity index (χ0) is 16.4. The van der Waals surface area contributed by atoms with Gasteiger partial charge in [0, 0.05) is 0 Å². The molecule has 0 unspecified atom stereocenters. The Balaban J connectivity index is 1.81. The van der Waals surface area contributed by atoms with Crippen LogP contribution in [0.25, 0.3) is 11.0 Å². The van der Waals surface area contributed by atoms with Crippen LogP contribution in [0.4, 0.5) is 0 Å². The Labute approximate surface area is 134 Å². The minimum absolute atomic E-state index is 0.0928. The SMILES string of the molecule is Cc1ccc2nc([C@@H](NC(=O)Cn3nccn3)C(C)C)[nH]c2c1. The van der Waals surface area contributed by atoms with E-state index >= 15 is 0 Å². The second kappa shape index (κ2) is 6.20.